The predicted octanol–water partition coefficient (Wildman–Crippen LogP) is 2.83. The lowest BCUT2D eigenvalue weighted by Crippen LogP contribution is -2.37. The molecule has 0 saturated carbocycles. The Labute approximate surface area is 176 Å². The number of methoxy groups -OCH3 is 2. The second-order valence-electron chi connectivity index (χ2n) is 7.68. The van der Waals surface area contributed by atoms with Crippen molar-refractivity contribution < 1.29 is 19.1 Å². The van der Waals surface area contributed by atoms with Crippen molar-refractivity contribution in [1.29, 1.82) is 0 Å². The molecule has 7 heteroatoms. The number of hydrogen-bond acceptors (Lipinski definition) is 5. The highest BCUT2D eigenvalue weighted by Crippen LogP contribution is 2.33. The summed E-state index contributed by atoms with van der Waals surface area (Å²) in [5.74, 6) is 1.55. The number of carbonyl (C=O) groups is 2. The molecule has 2 aromatic rings. The van der Waals surface area contributed by atoms with E-state index in [9.17, 15) is 9.59 Å². The number of rotatable bonds is 6. The van der Waals surface area contributed by atoms with Crippen molar-refractivity contribution in [2.24, 2.45) is 0 Å². The van der Waals surface area contributed by atoms with Gasteiger partial charge in [-0.15, -0.1) is 0 Å². The summed E-state index contributed by atoms with van der Waals surface area (Å²) in [7, 11) is 3.27. The van der Waals surface area contributed by atoms with Crippen molar-refractivity contribution in [2.75, 3.05) is 44.1 Å². The Kier molecular flexibility index (Phi) is 5.90. The van der Waals surface area contributed by atoms with E-state index in [2.05, 4.69) is 10.2 Å². The van der Waals surface area contributed by atoms with Crippen LogP contribution in [0.3, 0.4) is 0 Å². The van der Waals surface area contributed by atoms with Crippen molar-refractivity contribution >= 4 is 23.2 Å². The van der Waals surface area contributed by atoms with E-state index in [0.717, 1.165) is 48.6 Å². The fraction of sp³-hybridized carbons (Fsp3) is 0.391. The van der Waals surface area contributed by atoms with E-state index in [1.807, 2.05) is 36.4 Å². The van der Waals surface area contributed by atoms with Crippen molar-refractivity contribution in [3.8, 4) is 11.5 Å². The van der Waals surface area contributed by atoms with Crippen LogP contribution in [-0.4, -0.2) is 50.6 Å². The van der Waals surface area contributed by atoms with Crippen LogP contribution in [0, 0.1) is 0 Å². The van der Waals surface area contributed by atoms with Crippen LogP contribution < -0.4 is 19.7 Å². The van der Waals surface area contributed by atoms with Gasteiger partial charge < -0.3 is 19.7 Å². The van der Waals surface area contributed by atoms with Crippen molar-refractivity contribution in [3.05, 3.63) is 47.5 Å². The first-order valence-corrected chi connectivity index (χ1v) is 10.2. The topological polar surface area (TPSA) is 71.1 Å². The van der Waals surface area contributed by atoms with Gasteiger partial charge in [0.05, 0.1) is 20.8 Å². The quantitative estimate of drug-likeness (QED) is 0.795. The molecule has 2 aliphatic heterocycles. The monoisotopic (exact) mass is 409 g/mol. The first kappa shape index (κ1) is 20.2. The lowest BCUT2D eigenvalue weighted by atomic mass is 9.99. The minimum atomic E-state index is -0.0519. The maximum absolute atomic E-state index is 12.5. The number of nitrogens with zero attached hydrogens (tertiary/aromatic N) is 2. The summed E-state index contributed by atoms with van der Waals surface area (Å²) in [6.07, 6.45) is 2.37. The smallest absolute Gasteiger partial charge is 0.238 e. The zero-order chi connectivity index (χ0) is 21.1. The number of ether oxygens (including phenoxy) is 2. The maximum Gasteiger partial charge on any atom is 0.238 e. The second-order valence-corrected chi connectivity index (χ2v) is 7.68. The fourth-order valence-corrected chi connectivity index (χ4v) is 4.13. The van der Waals surface area contributed by atoms with Gasteiger partial charge in [-0.1, -0.05) is 0 Å². The summed E-state index contributed by atoms with van der Waals surface area (Å²) in [6.45, 7) is 2.59. The highest BCUT2D eigenvalue weighted by molar-refractivity contribution is 5.96. The molecule has 0 atom stereocenters. The molecular weight excluding hydrogens is 382 g/mol. The molecule has 1 N–H and O–H groups in total. The number of amides is 2. The maximum atomic E-state index is 12.5. The van der Waals surface area contributed by atoms with E-state index >= 15 is 0 Å². The standard InChI is InChI=1S/C23H27N3O4/c1-29-20-12-16-9-11-25(14-17(16)13-21(20)30-2)15-22(27)24-18-5-7-19(8-6-18)26-10-3-4-23(26)28/h5-8,12-13H,3-4,9-11,14-15H2,1-2H3,(H,24,27). The van der Waals surface area contributed by atoms with Gasteiger partial charge in [0.25, 0.3) is 0 Å². The number of nitrogens with one attached hydrogen (secondary N) is 1. The number of hydrogen-bond donors (Lipinski definition) is 1. The molecule has 0 aliphatic carbocycles. The van der Waals surface area contributed by atoms with Gasteiger partial charge in [0, 0.05) is 37.4 Å². The summed E-state index contributed by atoms with van der Waals surface area (Å²) >= 11 is 0. The highest BCUT2D eigenvalue weighted by atomic mass is 16.5. The van der Waals surface area contributed by atoms with Gasteiger partial charge in [-0.05, 0) is 60.4 Å². The van der Waals surface area contributed by atoms with E-state index in [4.69, 9.17) is 9.47 Å². The van der Waals surface area contributed by atoms with Crippen LogP contribution in [0.2, 0.25) is 0 Å². The predicted molar refractivity (Wildman–Crippen MR) is 115 cm³/mol. The lowest BCUT2D eigenvalue weighted by Gasteiger charge is -2.29. The van der Waals surface area contributed by atoms with Crippen LogP contribution in [0.1, 0.15) is 24.0 Å². The molecule has 0 radical (unpaired) electrons. The van der Waals surface area contributed by atoms with E-state index < -0.39 is 0 Å². The average molecular weight is 409 g/mol. The summed E-state index contributed by atoms with van der Waals surface area (Å²) < 4.78 is 10.8. The molecule has 158 valence electrons. The zero-order valence-corrected chi connectivity index (χ0v) is 17.4. The van der Waals surface area contributed by atoms with E-state index in [-0.39, 0.29) is 11.8 Å². The summed E-state index contributed by atoms with van der Waals surface area (Å²) in [6, 6.07) is 11.5. The summed E-state index contributed by atoms with van der Waals surface area (Å²) in [5.41, 5.74) is 4.01. The van der Waals surface area contributed by atoms with E-state index in [1.54, 1.807) is 19.1 Å². The molecule has 2 aliphatic rings. The SMILES string of the molecule is COc1cc2c(cc1OC)CN(CC(=O)Nc1ccc(N3CCCC3=O)cc1)CC2. The second kappa shape index (κ2) is 8.75. The molecule has 0 bridgehead atoms. The van der Waals surface area contributed by atoms with Crippen molar-refractivity contribution in [3.63, 3.8) is 0 Å². The Morgan fingerprint density at radius 3 is 2.33 bits per heavy atom. The fourth-order valence-electron chi connectivity index (χ4n) is 4.13. The Balaban J connectivity index is 1.35. The van der Waals surface area contributed by atoms with Crippen LogP contribution in [0.25, 0.3) is 0 Å². The molecule has 4 rings (SSSR count). The largest absolute Gasteiger partial charge is 0.493 e. The molecule has 1 saturated heterocycles. The molecule has 30 heavy (non-hydrogen) atoms. The van der Waals surface area contributed by atoms with Crippen LogP contribution >= 0.6 is 0 Å². The number of anilines is 2. The molecule has 1 fully saturated rings. The molecule has 0 unspecified atom stereocenters. The number of fused-ring (bicyclic) bond motifs is 1. The van der Waals surface area contributed by atoms with Gasteiger partial charge in [-0.2, -0.15) is 0 Å². The summed E-state index contributed by atoms with van der Waals surface area (Å²) in [5, 5.41) is 2.95. The van der Waals surface area contributed by atoms with Crippen molar-refractivity contribution in [2.45, 2.75) is 25.8 Å². The van der Waals surface area contributed by atoms with Crippen LogP contribution in [-0.2, 0) is 22.6 Å². The third-order valence-corrected chi connectivity index (χ3v) is 5.70. The molecule has 7 nitrogen and oxygen atoms in total. The Hall–Kier alpha value is -3.06. The van der Waals surface area contributed by atoms with Crippen molar-refractivity contribution in [1.82, 2.24) is 4.90 Å². The first-order chi connectivity index (χ1) is 14.6. The van der Waals surface area contributed by atoms with Crippen LogP contribution in [0.5, 0.6) is 11.5 Å². The Morgan fingerprint density at radius 1 is 1.00 bits per heavy atom. The third kappa shape index (κ3) is 4.26. The normalized spacial score (nSPS) is 16.3. The van der Waals surface area contributed by atoms with E-state index in [0.29, 0.717) is 25.3 Å². The van der Waals surface area contributed by atoms with Crippen LogP contribution in [0.15, 0.2) is 36.4 Å². The molecule has 2 aromatic carbocycles. The summed E-state index contributed by atoms with van der Waals surface area (Å²) in [4.78, 5) is 28.3. The Morgan fingerprint density at radius 2 is 1.70 bits per heavy atom. The third-order valence-electron chi connectivity index (χ3n) is 5.70. The van der Waals surface area contributed by atoms with Gasteiger partial charge in [-0.25, -0.2) is 0 Å². The average Bonchev–Trinajstić information content (AvgIpc) is 3.19. The highest BCUT2D eigenvalue weighted by Gasteiger charge is 2.22. The van der Waals surface area contributed by atoms with E-state index in [1.165, 1.54) is 5.56 Å². The van der Waals surface area contributed by atoms with Gasteiger partial charge >= 0.3 is 0 Å². The van der Waals surface area contributed by atoms with Gasteiger partial charge in [0.15, 0.2) is 11.5 Å². The number of benzene rings is 2. The lowest BCUT2D eigenvalue weighted by molar-refractivity contribution is -0.118. The molecule has 2 heterocycles. The molecule has 0 aromatic heterocycles. The minimum absolute atomic E-state index is 0.0519. The molecule has 0 spiro atoms. The minimum Gasteiger partial charge on any atom is -0.493 e. The van der Waals surface area contributed by atoms with Gasteiger partial charge in [-0.3, -0.25) is 14.5 Å². The molecular formula is C23H27N3O4. The zero-order valence-electron chi connectivity index (χ0n) is 17.4. The van der Waals surface area contributed by atoms with Crippen LogP contribution in [0.4, 0.5) is 11.4 Å². The first-order valence-electron chi connectivity index (χ1n) is 10.2. The Bertz CT molecular complexity index is 942. The van der Waals surface area contributed by atoms with Gasteiger partial charge in [0.2, 0.25) is 11.8 Å². The number of carbonyl (C=O) groups excluding carboxylic acids is 2. The van der Waals surface area contributed by atoms with Gasteiger partial charge in [0.1, 0.15) is 0 Å². The molecule has 2 amide bonds.